The van der Waals surface area contributed by atoms with Crippen LogP contribution in [0.15, 0.2) is 10.5 Å². The van der Waals surface area contributed by atoms with Crippen molar-refractivity contribution in [3.63, 3.8) is 0 Å². The van der Waals surface area contributed by atoms with Gasteiger partial charge in [-0.1, -0.05) is 6.92 Å². The second-order valence-electron chi connectivity index (χ2n) is 5.15. The molecule has 0 radical (unpaired) electrons. The quantitative estimate of drug-likeness (QED) is 0.908. The molecular formula is C14H21BrN2OS. The molecule has 0 bridgehead atoms. The molecule has 1 aliphatic heterocycles. The highest BCUT2D eigenvalue weighted by Gasteiger charge is 2.20. The van der Waals surface area contributed by atoms with E-state index in [2.05, 4.69) is 33.1 Å². The lowest BCUT2D eigenvalue weighted by Crippen LogP contribution is -2.40. The lowest BCUT2D eigenvalue weighted by molar-refractivity contribution is 0.0937. The molecule has 106 valence electrons. The van der Waals surface area contributed by atoms with E-state index in [9.17, 15) is 4.79 Å². The summed E-state index contributed by atoms with van der Waals surface area (Å²) in [6, 6.07) is 2.00. The Balaban J connectivity index is 1.85. The Morgan fingerprint density at radius 3 is 3.05 bits per heavy atom. The molecule has 1 aromatic heterocycles. The lowest BCUT2D eigenvalue weighted by atomic mass is 9.98. The van der Waals surface area contributed by atoms with Crippen LogP contribution in [-0.4, -0.2) is 37.0 Å². The smallest absolute Gasteiger partial charge is 0.262 e. The molecule has 1 saturated heterocycles. The van der Waals surface area contributed by atoms with Crippen molar-refractivity contribution in [3.05, 3.63) is 20.3 Å². The molecule has 1 amide bonds. The number of halogens is 1. The van der Waals surface area contributed by atoms with Crippen LogP contribution in [0.25, 0.3) is 0 Å². The van der Waals surface area contributed by atoms with Crippen LogP contribution < -0.4 is 5.32 Å². The van der Waals surface area contributed by atoms with Crippen molar-refractivity contribution in [2.45, 2.75) is 26.7 Å². The predicted molar refractivity (Wildman–Crippen MR) is 83.9 cm³/mol. The standard InChI is InChI=1S/C14H21BrN2OS/c1-3-17-6-4-5-11(9-17)8-16-14(18)13-12(15)7-10(2)19-13/h7,11H,3-6,8-9H2,1-2H3,(H,16,18). The first-order valence-electron chi connectivity index (χ1n) is 6.86. The van der Waals surface area contributed by atoms with Gasteiger partial charge in [-0.15, -0.1) is 11.3 Å². The molecular weight excluding hydrogens is 324 g/mol. The minimum Gasteiger partial charge on any atom is -0.351 e. The van der Waals surface area contributed by atoms with Crippen molar-refractivity contribution in [2.75, 3.05) is 26.2 Å². The van der Waals surface area contributed by atoms with Crippen LogP contribution in [0, 0.1) is 12.8 Å². The zero-order chi connectivity index (χ0) is 13.8. The van der Waals surface area contributed by atoms with E-state index in [1.165, 1.54) is 19.4 Å². The van der Waals surface area contributed by atoms with Gasteiger partial charge in [0.25, 0.3) is 5.91 Å². The molecule has 1 atom stereocenters. The summed E-state index contributed by atoms with van der Waals surface area (Å²) >= 11 is 4.99. The molecule has 5 heteroatoms. The maximum Gasteiger partial charge on any atom is 0.262 e. The fourth-order valence-electron chi connectivity index (χ4n) is 2.56. The third-order valence-corrected chi connectivity index (χ3v) is 5.55. The Morgan fingerprint density at radius 1 is 1.63 bits per heavy atom. The van der Waals surface area contributed by atoms with Crippen molar-refractivity contribution in [3.8, 4) is 0 Å². The molecule has 19 heavy (non-hydrogen) atoms. The van der Waals surface area contributed by atoms with E-state index in [1.54, 1.807) is 11.3 Å². The maximum atomic E-state index is 12.1. The van der Waals surface area contributed by atoms with Gasteiger partial charge in [0, 0.05) is 22.4 Å². The van der Waals surface area contributed by atoms with Gasteiger partial charge in [0.05, 0.1) is 0 Å². The van der Waals surface area contributed by atoms with Gasteiger partial charge in [-0.25, -0.2) is 0 Å². The van der Waals surface area contributed by atoms with Crippen LogP contribution in [0.4, 0.5) is 0 Å². The van der Waals surface area contributed by atoms with Crippen LogP contribution >= 0.6 is 27.3 Å². The molecule has 2 rings (SSSR count). The minimum atomic E-state index is 0.0543. The van der Waals surface area contributed by atoms with Gasteiger partial charge < -0.3 is 10.2 Å². The van der Waals surface area contributed by atoms with E-state index in [-0.39, 0.29) is 5.91 Å². The SMILES string of the molecule is CCN1CCCC(CNC(=O)c2sc(C)cc2Br)C1. The molecule has 0 aromatic carbocycles. The first-order valence-corrected chi connectivity index (χ1v) is 8.47. The van der Waals surface area contributed by atoms with Gasteiger partial charge in [-0.2, -0.15) is 0 Å². The van der Waals surface area contributed by atoms with Crippen molar-refractivity contribution in [1.29, 1.82) is 0 Å². The second-order valence-corrected chi connectivity index (χ2v) is 7.26. The minimum absolute atomic E-state index is 0.0543. The summed E-state index contributed by atoms with van der Waals surface area (Å²) in [5.74, 6) is 0.649. The second kappa shape index (κ2) is 6.86. The molecule has 3 nitrogen and oxygen atoms in total. The fourth-order valence-corrected chi connectivity index (χ4v) is 4.30. The highest BCUT2D eigenvalue weighted by Crippen LogP contribution is 2.26. The summed E-state index contributed by atoms with van der Waals surface area (Å²) in [6.07, 6.45) is 2.47. The molecule has 2 heterocycles. The van der Waals surface area contributed by atoms with Gasteiger partial charge in [-0.05, 0) is 60.8 Å². The average Bonchev–Trinajstić information content (AvgIpc) is 2.75. The van der Waals surface area contributed by atoms with Crippen LogP contribution in [0.3, 0.4) is 0 Å². The number of hydrogen-bond acceptors (Lipinski definition) is 3. The monoisotopic (exact) mass is 344 g/mol. The van der Waals surface area contributed by atoms with Crippen molar-refractivity contribution >= 4 is 33.2 Å². The number of carbonyl (C=O) groups excluding carboxylic acids is 1. The third kappa shape index (κ3) is 4.04. The highest BCUT2D eigenvalue weighted by molar-refractivity contribution is 9.10. The molecule has 0 saturated carbocycles. The number of rotatable bonds is 4. The fraction of sp³-hybridized carbons (Fsp3) is 0.643. The van der Waals surface area contributed by atoms with E-state index in [0.717, 1.165) is 33.9 Å². The Kier molecular flexibility index (Phi) is 5.42. The molecule has 1 aliphatic rings. The highest BCUT2D eigenvalue weighted by atomic mass is 79.9. The number of likely N-dealkylation sites (tertiary alicyclic amines) is 1. The molecule has 0 spiro atoms. The van der Waals surface area contributed by atoms with Gasteiger partial charge in [-0.3, -0.25) is 4.79 Å². The van der Waals surface area contributed by atoms with Crippen molar-refractivity contribution < 1.29 is 4.79 Å². The Labute approximate surface area is 127 Å². The number of carbonyl (C=O) groups is 1. The number of nitrogens with one attached hydrogen (secondary N) is 1. The number of amides is 1. The van der Waals surface area contributed by atoms with E-state index in [1.807, 2.05) is 13.0 Å². The summed E-state index contributed by atoms with van der Waals surface area (Å²) in [7, 11) is 0. The number of thiophene rings is 1. The molecule has 1 N–H and O–H groups in total. The maximum absolute atomic E-state index is 12.1. The van der Waals surface area contributed by atoms with Crippen LogP contribution in [0.5, 0.6) is 0 Å². The summed E-state index contributed by atoms with van der Waals surface area (Å²) < 4.78 is 0.909. The first kappa shape index (κ1) is 15.0. The predicted octanol–water partition coefficient (Wildman–Crippen LogP) is 3.28. The average molecular weight is 345 g/mol. The van der Waals surface area contributed by atoms with Crippen molar-refractivity contribution in [1.82, 2.24) is 10.2 Å². The van der Waals surface area contributed by atoms with Gasteiger partial charge >= 0.3 is 0 Å². The number of aryl methyl sites for hydroxylation is 1. The van der Waals surface area contributed by atoms with Gasteiger partial charge in [0.15, 0.2) is 0 Å². The molecule has 1 fully saturated rings. The summed E-state index contributed by atoms with van der Waals surface area (Å²) in [5.41, 5.74) is 0. The van der Waals surface area contributed by atoms with E-state index < -0.39 is 0 Å². The van der Waals surface area contributed by atoms with E-state index >= 15 is 0 Å². The number of nitrogens with zero attached hydrogens (tertiary/aromatic N) is 1. The largest absolute Gasteiger partial charge is 0.351 e. The third-order valence-electron chi connectivity index (χ3n) is 3.62. The van der Waals surface area contributed by atoms with Crippen LogP contribution in [-0.2, 0) is 0 Å². The summed E-state index contributed by atoms with van der Waals surface area (Å²) in [5, 5.41) is 3.08. The first-order chi connectivity index (χ1) is 9.10. The van der Waals surface area contributed by atoms with E-state index in [0.29, 0.717) is 5.92 Å². The Hall–Kier alpha value is -0.390. The van der Waals surface area contributed by atoms with Crippen LogP contribution in [0.1, 0.15) is 34.3 Å². The normalized spacial score (nSPS) is 20.5. The number of hydrogen-bond donors (Lipinski definition) is 1. The molecule has 1 aromatic rings. The van der Waals surface area contributed by atoms with Gasteiger partial charge in [0.2, 0.25) is 0 Å². The zero-order valence-electron chi connectivity index (χ0n) is 11.5. The zero-order valence-corrected chi connectivity index (χ0v) is 13.9. The topological polar surface area (TPSA) is 32.3 Å². The Bertz CT molecular complexity index is 447. The van der Waals surface area contributed by atoms with Crippen molar-refractivity contribution in [2.24, 2.45) is 5.92 Å². The number of piperidine rings is 1. The lowest BCUT2D eigenvalue weighted by Gasteiger charge is -2.31. The summed E-state index contributed by atoms with van der Waals surface area (Å²) in [4.78, 5) is 16.5. The molecule has 0 aliphatic carbocycles. The molecule has 1 unspecified atom stereocenters. The van der Waals surface area contributed by atoms with Gasteiger partial charge in [0.1, 0.15) is 4.88 Å². The summed E-state index contributed by atoms with van der Waals surface area (Å²) in [6.45, 7) is 8.44. The Morgan fingerprint density at radius 2 is 2.42 bits per heavy atom. The van der Waals surface area contributed by atoms with Crippen LogP contribution in [0.2, 0.25) is 0 Å². The van der Waals surface area contributed by atoms with E-state index in [4.69, 9.17) is 0 Å².